The second kappa shape index (κ2) is 7.00. The van der Waals surface area contributed by atoms with Crippen molar-refractivity contribution >= 4 is 23.1 Å². The summed E-state index contributed by atoms with van der Waals surface area (Å²) in [6.07, 6.45) is 2.63. The summed E-state index contributed by atoms with van der Waals surface area (Å²) in [5.41, 5.74) is 2.21. The first kappa shape index (κ1) is 13.7. The van der Waals surface area contributed by atoms with Crippen molar-refractivity contribution in [3.63, 3.8) is 0 Å². The fourth-order valence-electron chi connectivity index (χ4n) is 1.76. The van der Waals surface area contributed by atoms with Crippen LogP contribution >= 0.6 is 11.6 Å². The lowest BCUT2D eigenvalue weighted by molar-refractivity contribution is 0.341. The molecule has 1 aromatic carbocycles. The molecule has 0 amide bonds. The molecule has 0 aliphatic heterocycles. The molecule has 0 bridgehead atoms. The highest BCUT2D eigenvalue weighted by Gasteiger charge is 2.04. The third-order valence-corrected chi connectivity index (χ3v) is 2.86. The number of aryl methyl sites for hydroxylation is 1. The topological polar surface area (TPSA) is 34.1 Å². The zero-order valence-electron chi connectivity index (χ0n) is 10.9. The molecule has 1 heterocycles. The van der Waals surface area contributed by atoms with Gasteiger partial charge < -0.3 is 10.1 Å². The Labute approximate surface area is 118 Å². The zero-order chi connectivity index (χ0) is 13.5. The van der Waals surface area contributed by atoms with Crippen molar-refractivity contribution in [3.05, 3.63) is 48.2 Å². The Morgan fingerprint density at radius 2 is 2.00 bits per heavy atom. The first-order valence-electron chi connectivity index (χ1n) is 6.33. The molecule has 0 saturated heterocycles. The van der Waals surface area contributed by atoms with Crippen LogP contribution in [0.2, 0.25) is 0 Å². The highest BCUT2D eigenvalue weighted by Crippen LogP contribution is 2.25. The summed E-state index contributed by atoms with van der Waals surface area (Å²) in [5, 5.41) is 3.26. The molecule has 0 spiro atoms. The Balaban J connectivity index is 2.12. The smallest absolute Gasteiger partial charge is 0.173 e. The molecule has 1 aromatic heterocycles. The van der Waals surface area contributed by atoms with Crippen LogP contribution in [0.5, 0.6) is 5.75 Å². The van der Waals surface area contributed by atoms with E-state index >= 15 is 0 Å². The van der Waals surface area contributed by atoms with Gasteiger partial charge in [-0.05, 0) is 43.2 Å². The second-order valence-electron chi connectivity index (χ2n) is 4.04. The molecule has 0 atom stereocenters. The van der Waals surface area contributed by atoms with Crippen LogP contribution in [-0.4, -0.2) is 17.5 Å². The third-order valence-electron chi connectivity index (χ3n) is 2.67. The van der Waals surface area contributed by atoms with Gasteiger partial charge in [-0.15, -0.1) is 11.6 Å². The number of anilines is 2. The molecule has 4 heteroatoms. The van der Waals surface area contributed by atoms with Crippen LogP contribution in [-0.2, 0) is 6.42 Å². The van der Waals surface area contributed by atoms with Crippen molar-refractivity contribution in [1.82, 2.24) is 4.98 Å². The zero-order valence-corrected chi connectivity index (χ0v) is 11.7. The quantitative estimate of drug-likeness (QED) is 0.810. The van der Waals surface area contributed by atoms with E-state index in [1.54, 1.807) is 6.20 Å². The van der Waals surface area contributed by atoms with Crippen molar-refractivity contribution < 1.29 is 4.74 Å². The molecule has 0 radical (unpaired) electrons. The fourth-order valence-corrected chi connectivity index (χ4v) is 1.98. The van der Waals surface area contributed by atoms with Gasteiger partial charge in [-0.1, -0.05) is 12.1 Å². The first-order valence-corrected chi connectivity index (χ1v) is 6.86. The Bertz CT molecular complexity index is 514. The van der Waals surface area contributed by atoms with Crippen molar-refractivity contribution in [2.24, 2.45) is 0 Å². The van der Waals surface area contributed by atoms with E-state index in [4.69, 9.17) is 16.3 Å². The minimum atomic E-state index is 0.620. The van der Waals surface area contributed by atoms with E-state index in [0.29, 0.717) is 12.5 Å². The van der Waals surface area contributed by atoms with E-state index in [-0.39, 0.29) is 0 Å². The van der Waals surface area contributed by atoms with Crippen LogP contribution in [0, 0.1) is 0 Å². The van der Waals surface area contributed by atoms with Gasteiger partial charge in [0.25, 0.3) is 0 Å². The number of aromatic nitrogens is 1. The molecule has 19 heavy (non-hydrogen) atoms. The Kier molecular flexibility index (Phi) is 5.04. The van der Waals surface area contributed by atoms with Crippen LogP contribution in [0.4, 0.5) is 11.5 Å². The Hall–Kier alpha value is -1.74. The van der Waals surface area contributed by atoms with Crippen molar-refractivity contribution in [2.45, 2.75) is 13.3 Å². The number of hydrogen-bond donors (Lipinski definition) is 1. The van der Waals surface area contributed by atoms with E-state index < -0.39 is 0 Å². The monoisotopic (exact) mass is 276 g/mol. The molecule has 0 saturated carbocycles. The summed E-state index contributed by atoms with van der Waals surface area (Å²) in [7, 11) is 0. The fraction of sp³-hybridized carbons (Fsp3) is 0.267. The largest absolute Gasteiger partial charge is 0.490 e. The normalized spacial score (nSPS) is 10.2. The number of halogens is 1. The number of hydrogen-bond acceptors (Lipinski definition) is 3. The molecule has 0 fully saturated rings. The lowest BCUT2D eigenvalue weighted by atomic mass is 10.1. The number of pyridine rings is 1. The van der Waals surface area contributed by atoms with Crippen molar-refractivity contribution in [1.29, 1.82) is 0 Å². The first-order chi connectivity index (χ1) is 9.33. The standard InChI is InChI=1S/C15H17ClN2O/c1-2-19-14-4-3-11-17-15(14)18-13-7-5-12(6-8-13)9-10-16/h3-8,11H,2,9-10H2,1H3,(H,17,18). The van der Waals surface area contributed by atoms with Gasteiger partial charge in [0.2, 0.25) is 0 Å². The lowest BCUT2D eigenvalue weighted by Gasteiger charge is -2.11. The van der Waals surface area contributed by atoms with Gasteiger partial charge in [-0.2, -0.15) is 0 Å². The number of nitrogens with zero attached hydrogens (tertiary/aromatic N) is 1. The minimum Gasteiger partial charge on any atom is -0.490 e. The molecule has 2 aromatic rings. The highest BCUT2D eigenvalue weighted by molar-refractivity contribution is 6.17. The highest BCUT2D eigenvalue weighted by atomic mass is 35.5. The van der Waals surface area contributed by atoms with Gasteiger partial charge in [-0.25, -0.2) is 4.98 Å². The van der Waals surface area contributed by atoms with E-state index in [2.05, 4.69) is 22.4 Å². The summed E-state index contributed by atoms with van der Waals surface area (Å²) in [4.78, 5) is 4.29. The number of rotatable bonds is 6. The van der Waals surface area contributed by atoms with Crippen molar-refractivity contribution in [3.8, 4) is 5.75 Å². The van der Waals surface area contributed by atoms with Crippen LogP contribution in [0.1, 0.15) is 12.5 Å². The van der Waals surface area contributed by atoms with Gasteiger partial charge in [0, 0.05) is 17.8 Å². The van der Waals surface area contributed by atoms with Crippen LogP contribution in [0.25, 0.3) is 0 Å². The summed E-state index contributed by atoms with van der Waals surface area (Å²) < 4.78 is 5.53. The van der Waals surface area contributed by atoms with E-state index in [0.717, 1.165) is 23.7 Å². The Morgan fingerprint density at radius 3 is 2.68 bits per heavy atom. The number of nitrogens with one attached hydrogen (secondary N) is 1. The average molecular weight is 277 g/mol. The number of benzene rings is 1. The SMILES string of the molecule is CCOc1cccnc1Nc1ccc(CCCl)cc1. The van der Waals surface area contributed by atoms with Gasteiger partial charge in [0.15, 0.2) is 11.6 Å². The van der Waals surface area contributed by atoms with E-state index in [1.807, 2.05) is 31.2 Å². The van der Waals surface area contributed by atoms with Crippen LogP contribution < -0.4 is 10.1 Å². The molecule has 2 rings (SSSR count). The predicted octanol–water partition coefficient (Wildman–Crippen LogP) is 4.01. The molecule has 0 aliphatic rings. The van der Waals surface area contributed by atoms with E-state index in [9.17, 15) is 0 Å². The van der Waals surface area contributed by atoms with Gasteiger partial charge >= 0.3 is 0 Å². The molecule has 100 valence electrons. The van der Waals surface area contributed by atoms with Crippen LogP contribution in [0.15, 0.2) is 42.6 Å². The van der Waals surface area contributed by atoms with Gasteiger partial charge in [0.1, 0.15) is 0 Å². The molecule has 0 unspecified atom stereocenters. The summed E-state index contributed by atoms with van der Waals surface area (Å²) in [5.74, 6) is 2.13. The molecule has 1 N–H and O–H groups in total. The summed E-state index contributed by atoms with van der Waals surface area (Å²) in [6.45, 7) is 2.58. The van der Waals surface area contributed by atoms with Gasteiger partial charge in [0.05, 0.1) is 6.61 Å². The minimum absolute atomic E-state index is 0.620. The molecular formula is C15H17ClN2O. The van der Waals surface area contributed by atoms with Crippen molar-refractivity contribution in [2.75, 3.05) is 17.8 Å². The third kappa shape index (κ3) is 3.86. The molecule has 3 nitrogen and oxygen atoms in total. The van der Waals surface area contributed by atoms with E-state index in [1.165, 1.54) is 5.56 Å². The lowest BCUT2D eigenvalue weighted by Crippen LogP contribution is -1.99. The molecule has 0 aliphatic carbocycles. The molecular weight excluding hydrogens is 260 g/mol. The maximum Gasteiger partial charge on any atom is 0.173 e. The average Bonchev–Trinajstić information content (AvgIpc) is 2.44. The van der Waals surface area contributed by atoms with Gasteiger partial charge in [-0.3, -0.25) is 0 Å². The number of ether oxygens (including phenoxy) is 1. The maximum atomic E-state index is 5.72. The summed E-state index contributed by atoms with van der Waals surface area (Å²) >= 11 is 5.72. The Morgan fingerprint density at radius 1 is 1.21 bits per heavy atom. The maximum absolute atomic E-state index is 5.72. The number of alkyl halides is 1. The summed E-state index contributed by atoms with van der Waals surface area (Å²) in [6, 6.07) is 11.9. The van der Waals surface area contributed by atoms with Crippen LogP contribution in [0.3, 0.4) is 0 Å². The second-order valence-corrected chi connectivity index (χ2v) is 4.42. The predicted molar refractivity (Wildman–Crippen MR) is 79.6 cm³/mol.